The highest BCUT2D eigenvalue weighted by molar-refractivity contribution is 5.98. The lowest BCUT2D eigenvalue weighted by Crippen LogP contribution is -2.54. The number of alkyl halides is 2. The van der Waals surface area contributed by atoms with Crippen LogP contribution in [0.4, 0.5) is 18.9 Å². The van der Waals surface area contributed by atoms with Crippen LogP contribution in [0.3, 0.4) is 0 Å². The second-order valence-corrected chi connectivity index (χ2v) is 12.3. The molecule has 2 heterocycles. The van der Waals surface area contributed by atoms with E-state index in [2.05, 4.69) is 30.8 Å². The lowest BCUT2D eigenvalue weighted by atomic mass is 9.90. The van der Waals surface area contributed by atoms with Gasteiger partial charge in [-0.25, -0.2) is 14.4 Å². The number of piperazine rings is 1. The third-order valence-corrected chi connectivity index (χ3v) is 8.90. The van der Waals surface area contributed by atoms with Crippen LogP contribution in [-0.4, -0.2) is 95.8 Å². The molecule has 2 atom stereocenters. The lowest BCUT2D eigenvalue weighted by Gasteiger charge is -2.34. The van der Waals surface area contributed by atoms with Crippen molar-refractivity contribution < 1.29 is 37.1 Å². The molecule has 262 valence electrons. The van der Waals surface area contributed by atoms with Crippen LogP contribution in [0, 0.1) is 11.7 Å². The van der Waals surface area contributed by atoms with E-state index < -0.39 is 47.1 Å². The van der Waals surface area contributed by atoms with Crippen molar-refractivity contribution >= 4 is 29.3 Å². The molecule has 0 radical (unpaired) electrons. The number of nitrogens with one attached hydrogen (secondary N) is 3. The van der Waals surface area contributed by atoms with Crippen molar-refractivity contribution in [3.63, 3.8) is 0 Å². The first kappa shape index (κ1) is 36.6. The molecule has 0 spiro atoms. The molecule has 48 heavy (non-hydrogen) atoms. The first-order valence-electron chi connectivity index (χ1n) is 16.3. The fraction of sp³-hybridized carbons (Fsp3) is 0.576. The zero-order chi connectivity index (χ0) is 34.8. The van der Waals surface area contributed by atoms with Gasteiger partial charge in [-0.2, -0.15) is 8.78 Å². The van der Waals surface area contributed by atoms with E-state index in [1.807, 2.05) is 7.05 Å². The molecule has 1 aliphatic carbocycles. The maximum absolute atomic E-state index is 15.5. The van der Waals surface area contributed by atoms with Gasteiger partial charge in [-0.1, -0.05) is 38.7 Å². The number of aromatic nitrogens is 2. The Morgan fingerprint density at radius 2 is 1.65 bits per heavy atom. The SMILES string of the molecule is CCC(=O)N[C@H](Cc1ccc(NC(=O)[C@@H](NC(=O)C(F)(F)c2cnc(OC)nc2)C2CCCCCC2)c(F)c1)C(=O)N1CCN(C)CC1. The van der Waals surface area contributed by atoms with E-state index in [9.17, 15) is 19.2 Å². The van der Waals surface area contributed by atoms with Crippen molar-refractivity contribution in [3.05, 3.63) is 47.5 Å². The summed E-state index contributed by atoms with van der Waals surface area (Å²) in [6.45, 7) is 4.07. The Hall–Kier alpha value is -4.27. The van der Waals surface area contributed by atoms with Crippen LogP contribution in [0.2, 0.25) is 0 Å². The van der Waals surface area contributed by atoms with Crippen molar-refractivity contribution in [1.29, 1.82) is 0 Å². The average Bonchev–Trinajstić information content (AvgIpc) is 3.37. The molecular formula is C33H44F3N7O5. The summed E-state index contributed by atoms with van der Waals surface area (Å²) in [5.74, 6) is -8.45. The number of likely N-dealkylation sites (N-methyl/N-ethyl adjacent to an activating group) is 1. The minimum Gasteiger partial charge on any atom is -0.467 e. The third kappa shape index (κ3) is 9.42. The molecule has 0 bridgehead atoms. The molecule has 3 N–H and O–H groups in total. The highest BCUT2D eigenvalue weighted by Crippen LogP contribution is 2.31. The largest absolute Gasteiger partial charge is 0.467 e. The van der Waals surface area contributed by atoms with E-state index in [1.54, 1.807) is 11.8 Å². The highest BCUT2D eigenvalue weighted by Gasteiger charge is 2.44. The van der Waals surface area contributed by atoms with Gasteiger partial charge in [-0.15, -0.1) is 0 Å². The number of ether oxygens (including phenoxy) is 1. The number of carbonyl (C=O) groups is 4. The highest BCUT2D eigenvalue weighted by atomic mass is 19.3. The number of anilines is 1. The van der Waals surface area contributed by atoms with Gasteiger partial charge >= 0.3 is 11.9 Å². The van der Waals surface area contributed by atoms with Crippen LogP contribution in [0.25, 0.3) is 0 Å². The molecule has 1 aliphatic heterocycles. The quantitative estimate of drug-likeness (QED) is 0.291. The topological polar surface area (TPSA) is 146 Å². The predicted octanol–water partition coefficient (Wildman–Crippen LogP) is 3.02. The Morgan fingerprint density at radius 1 is 1.00 bits per heavy atom. The molecule has 2 aliphatic rings. The Kier molecular flexibility index (Phi) is 12.7. The van der Waals surface area contributed by atoms with Crippen LogP contribution in [0.15, 0.2) is 30.6 Å². The van der Waals surface area contributed by atoms with Gasteiger partial charge in [-0.3, -0.25) is 19.2 Å². The summed E-state index contributed by atoms with van der Waals surface area (Å²) in [7, 11) is 3.23. The van der Waals surface area contributed by atoms with E-state index in [4.69, 9.17) is 4.74 Å². The molecular weight excluding hydrogens is 631 g/mol. The Bertz CT molecular complexity index is 1430. The number of rotatable bonds is 12. The van der Waals surface area contributed by atoms with E-state index in [-0.39, 0.29) is 36.4 Å². The average molecular weight is 676 g/mol. The van der Waals surface area contributed by atoms with Gasteiger partial charge in [-0.05, 0) is 43.5 Å². The molecule has 1 aromatic heterocycles. The molecule has 4 rings (SSSR count). The molecule has 4 amide bonds. The molecule has 1 saturated heterocycles. The minimum atomic E-state index is -4.06. The number of methoxy groups -OCH3 is 1. The molecule has 2 aromatic rings. The number of benzene rings is 1. The number of carbonyl (C=O) groups excluding carboxylic acids is 4. The Balaban J connectivity index is 1.50. The van der Waals surface area contributed by atoms with E-state index in [0.29, 0.717) is 44.6 Å². The Morgan fingerprint density at radius 3 is 2.23 bits per heavy atom. The fourth-order valence-electron chi connectivity index (χ4n) is 5.97. The molecule has 1 aromatic carbocycles. The van der Waals surface area contributed by atoms with Gasteiger partial charge in [0.15, 0.2) is 0 Å². The summed E-state index contributed by atoms with van der Waals surface area (Å²) in [4.78, 5) is 63.2. The normalized spacial score (nSPS) is 17.5. The number of halogens is 3. The molecule has 15 heteroatoms. The van der Waals surface area contributed by atoms with Gasteiger partial charge in [0.25, 0.3) is 5.91 Å². The van der Waals surface area contributed by atoms with Crippen LogP contribution >= 0.6 is 0 Å². The summed E-state index contributed by atoms with van der Waals surface area (Å²) < 4.78 is 50.7. The maximum Gasteiger partial charge on any atom is 0.352 e. The number of nitrogens with zero attached hydrogens (tertiary/aromatic N) is 4. The molecule has 12 nitrogen and oxygen atoms in total. The van der Waals surface area contributed by atoms with Crippen molar-refractivity contribution in [1.82, 2.24) is 30.4 Å². The Labute approximate surface area is 278 Å². The van der Waals surface area contributed by atoms with Crippen molar-refractivity contribution in [2.75, 3.05) is 45.7 Å². The van der Waals surface area contributed by atoms with Crippen molar-refractivity contribution in [2.24, 2.45) is 5.92 Å². The van der Waals surface area contributed by atoms with Crippen molar-refractivity contribution in [2.45, 2.75) is 76.3 Å². The van der Waals surface area contributed by atoms with Gasteiger partial charge in [0.1, 0.15) is 17.9 Å². The summed E-state index contributed by atoms with van der Waals surface area (Å²) in [6.07, 6.45) is 6.09. The van der Waals surface area contributed by atoms with Crippen LogP contribution in [-0.2, 0) is 31.5 Å². The number of amides is 4. The van der Waals surface area contributed by atoms with Gasteiger partial charge < -0.3 is 30.5 Å². The first-order chi connectivity index (χ1) is 22.9. The zero-order valence-electron chi connectivity index (χ0n) is 27.6. The third-order valence-electron chi connectivity index (χ3n) is 8.90. The van der Waals surface area contributed by atoms with Gasteiger partial charge in [0.2, 0.25) is 17.7 Å². The summed E-state index contributed by atoms with van der Waals surface area (Å²) in [5, 5.41) is 7.45. The zero-order valence-corrected chi connectivity index (χ0v) is 27.6. The maximum atomic E-state index is 15.5. The van der Waals surface area contributed by atoms with Crippen LogP contribution in [0.1, 0.15) is 63.0 Å². The molecule has 2 fully saturated rings. The lowest BCUT2D eigenvalue weighted by molar-refractivity contribution is -0.149. The number of hydrogen-bond acceptors (Lipinski definition) is 8. The second-order valence-electron chi connectivity index (χ2n) is 12.3. The summed E-state index contributed by atoms with van der Waals surface area (Å²) in [5.41, 5.74) is -0.585. The molecule has 1 saturated carbocycles. The van der Waals surface area contributed by atoms with Crippen LogP contribution < -0.4 is 20.7 Å². The first-order valence-corrected chi connectivity index (χ1v) is 16.3. The van der Waals surface area contributed by atoms with E-state index in [0.717, 1.165) is 44.1 Å². The second kappa shape index (κ2) is 16.7. The van der Waals surface area contributed by atoms with E-state index in [1.165, 1.54) is 19.2 Å². The van der Waals surface area contributed by atoms with E-state index >= 15 is 13.2 Å². The van der Waals surface area contributed by atoms with Crippen molar-refractivity contribution in [3.8, 4) is 6.01 Å². The predicted molar refractivity (Wildman–Crippen MR) is 171 cm³/mol. The van der Waals surface area contributed by atoms with Gasteiger partial charge in [0, 0.05) is 51.4 Å². The monoisotopic (exact) mass is 675 g/mol. The number of hydrogen-bond donors (Lipinski definition) is 3. The summed E-state index contributed by atoms with van der Waals surface area (Å²) in [6, 6.07) is 1.58. The fourth-order valence-corrected chi connectivity index (χ4v) is 5.97. The minimum absolute atomic E-state index is 0.0208. The van der Waals surface area contributed by atoms with Gasteiger partial charge in [0.05, 0.1) is 18.4 Å². The van der Waals surface area contributed by atoms with Crippen LogP contribution in [0.5, 0.6) is 6.01 Å². The summed E-state index contributed by atoms with van der Waals surface area (Å²) >= 11 is 0. The smallest absolute Gasteiger partial charge is 0.352 e. The molecule has 0 unspecified atom stereocenters. The standard InChI is InChI=1S/C33H44F3N7O5/c1-4-27(44)39-26(30(46)43-15-13-42(2)14-16-43)18-21-11-12-25(24(34)17-21)40-29(45)28(22-9-7-5-6-8-10-22)41-31(47)33(35,36)23-19-37-32(48-3)38-20-23/h11-12,17,19-20,22,26,28H,4-10,13-16,18H2,1-3H3,(H,39,44)(H,40,45)(H,41,47)/t26-,28+/m1/s1.